The van der Waals surface area contributed by atoms with Crippen molar-refractivity contribution in [3.05, 3.63) is 24.0 Å². The van der Waals surface area contributed by atoms with Crippen LogP contribution >= 0.6 is 11.9 Å². The average molecular weight is 242 g/mol. The number of carboxylic acid groups (broad SMARTS) is 1. The molecule has 0 aliphatic heterocycles. The van der Waals surface area contributed by atoms with Gasteiger partial charge in [-0.2, -0.15) is 0 Å². The zero-order chi connectivity index (χ0) is 12.4. The van der Waals surface area contributed by atoms with Gasteiger partial charge in [0.05, 0.1) is 6.42 Å². The van der Waals surface area contributed by atoms with Crippen LogP contribution in [0, 0.1) is 6.92 Å². The summed E-state index contributed by atoms with van der Waals surface area (Å²) in [6, 6.07) is 1.99. The Balaban J connectivity index is 0.00000106. The summed E-state index contributed by atoms with van der Waals surface area (Å²) >= 11 is 1.40. The lowest BCUT2D eigenvalue weighted by molar-refractivity contribution is -0.136. The number of aromatic nitrogens is 1. The van der Waals surface area contributed by atoms with Gasteiger partial charge in [-0.25, -0.2) is 0 Å². The Hall–Kier alpha value is -1.07. The average Bonchev–Trinajstić information content (AvgIpc) is 2.27. The highest BCUT2D eigenvalue weighted by molar-refractivity contribution is 7.97. The van der Waals surface area contributed by atoms with Crippen LogP contribution in [0.4, 0.5) is 0 Å². The van der Waals surface area contributed by atoms with Crippen LogP contribution in [-0.2, 0) is 4.79 Å². The molecule has 2 N–H and O–H groups in total. The van der Waals surface area contributed by atoms with E-state index in [1.807, 2.05) is 26.8 Å². The molecule has 1 aromatic heterocycles. The van der Waals surface area contributed by atoms with Crippen molar-refractivity contribution in [3.8, 4) is 0 Å². The molecule has 0 bridgehead atoms. The molecule has 90 valence electrons. The summed E-state index contributed by atoms with van der Waals surface area (Å²) < 4.78 is 2.96. The third kappa shape index (κ3) is 7.25. The van der Waals surface area contributed by atoms with Crippen molar-refractivity contribution >= 4 is 17.9 Å². The molecule has 0 unspecified atom stereocenters. The third-order valence-corrected chi connectivity index (χ3v) is 2.29. The van der Waals surface area contributed by atoms with Crippen molar-refractivity contribution < 1.29 is 9.90 Å². The smallest absolute Gasteiger partial charge is 0.304 e. The molecular weight excluding hydrogens is 224 g/mol. The Bertz CT molecular complexity index is 319. The molecule has 0 amide bonds. The van der Waals surface area contributed by atoms with Gasteiger partial charge in [-0.15, -0.1) is 0 Å². The first-order chi connectivity index (χ1) is 7.68. The maximum atomic E-state index is 10.2. The second kappa shape index (κ2) is 9.18. The number of pyridine rings is 1. The van der Waals surface area contributed by atoms with Crippen LogP contribution in [0.1, 0.15) is 25.8 Å². The van der Waals surface area contributed by atoms with Gasteiger partial charge in [0, 0.05) is 23.8 Å². The highest BCUT2D eigenvalue weighted by Crippen LogP contribution is 2.13. The van der Waals surface area contributed by atoms with E-state index in [0.29, 0.717) is 6.54 Å². The molecule has 0 aliphatic carbocycles. The normalized spacial score (nSPS) is 9.19. The molecule has 0 spiro atoms. The summed E-state index contributed by atoms with van der Waals surface area (Å²) in [5.74, 6) is -0.791. The lowest BCUT2D eigenvalue weighted by Gasteiger charge is -2.02. The number of rotatable bonds is 5. The van der Waals surface area contributed by atoms with E-state index >= 15 is 0 Å². The molecule has 0 aliphatic rings. The SMILES string of the molecule is CC.Cc1cncc(SNCCC(=O)O)c1. The predicted octanol–water partition coefficient (Wildman–Crippen LogP) is 2.49. The molecule has 0 atom stereocenters. The minimum Gasteiger partial charge on any atom is -0.481 e. The van der Waals surface area contributed by atoms with Crippen molar-refractivity contribution in [3.63, 3.8) is 0 Å². The number of nitrogens with one attached hydrogen (secondary N) is 1. The number of carboxylic acids is 1. The first kappa shape index (κ1) is 14.9. The fourth-order valence-corrected chi connectivity index (χ4v) is 1.60. The minimum absolute atomic E-state index is 0.131. The van der Waals surface area contributed by atoms with E-state index < -0.39 is 5.97 Å². The topological polar surface area (TPSA) is 62.2 Å². The molecule has 0 radical (unpaired) electrons. The second-order valence-corrected chi connectivity index (χ2v) is 3.80. The number of nitrogens with zero attached hydrogens (tertiary/aromatic N) is 1. The van der Waals surface area contributed by atoms with E-state index in [2.05, 4.69) is 9.71 Å². The monoisotopic (exact) mass is 242 g/mol. The lowest BCUT2D eigenvalue weighted by Crippen LogP contribution is -2.10. The second-order valence-electron chi connectivity index (χ2n) is 2.84. The third-order valence-electron chi connectivity index (χ3n) is 1.48. The molecule has 1 heterocycles. The molecule has 16 heavy (non-hydrogen) atoms. The quantitative estimate of drug-likeness (QED) is 0.613. The highest BCUT2D eigenvalue weighted by Gasteiger charge is 1.97. The maximum Gasteiger partial charge on any atom is 0.304 e. The van der Waals surface area contributed by atoms with Crippen molar-refractivity contribution in [2.24, 2.45) is 0 Å². The van der Waals surface area contributed by atoms with E-state index in [9.17, 15) is 4.79 Å². The zero-order valence-electron chi connectivity index (χ0n) is 9.86. The van der Waals surface area contributed by atoms with E-state index in [4.69, 9.17) is 5.11 Å². The van der Waals surface area contributed by atoms with E-state index in [1.165, 1.54) is 11.9 Å². The Morgan fingerprint density at radius 1 is 1.50 bits per heavy atom. The molecular formula is C11H18N2O2S. The summed E-state index contributed by atoms with van der Waals surface area (Å²) in [6.45, 7) is 6.42. The van der Waals surface area contributed by atoms with Crippen LogP contribution in [0.3, 0.4) is 0 Å². The lowest BCUT2D eigenvalue weighted by atomic mass is 10.3. The van der Waals surface area contributed by atoms with E-state index in [1.54, 1.807) is 12.4 Å². The Morgan fingerprint density at radius 3 is 2.75 bits per heavy atom. The van der Waals surface area contributed by atoms with Crippen LogP contribution in [0.5, 0.6) is 0 Å². The number of hydrogen-bond donors (Lipinski definition) is 2. The van der Waals surface area contributed by atoms with Gasteiger partial charge in [-0.05, 0) is 30.5 Å². The summed E-state index contributed by atoms with van der Waals surface area (Å²) in [5, 5.41) is 8.39. The molecule has 0 saturated heterocycles. The standard InChI is InChI=1S/C9H12N2O2S.C2H6/c1-7-4-8(6-10-5-7)14-11-3-2-9(12)13;1-2/h4-6,11H,2-3H2,1H3,(H,12,13);1-2H3. The molecule has 5 heteroatoms. The van der Waals surface area contributed by atoms with Crippen LogP contribution in [0.25, 0.3) is 0 Å². The summed E-state index contributed by atoms with van der Waals surface area (Å²) in [4.78, 5) is 15.2. The van der Waals surface area contributed by atoms with E-state index in [-0.39, 0.29) is 6.42 Å². The minimum atomic E-state index is -0.791. The number of aliphatic carboxylic acids is 1. The van der Waals surface area contributed by atoms with Gasteiger partial charge in [0.1, 0.15) is 0 Å². The fourth-order valence-electron chi connectivity index (χ4n) is 0.875. The predicted molar refractivity (Wildman–Crippen MR) is 66.4 cm³/mol. The van der Waals surface area contributed by atoms with Crippen molar-refractivity contribution in [1.29, 1.82) is 0 Å². The first-order valence-corrected chi connectivity index (χ1v) is 6.03. The zero-order valence-corrected chi connectivity index (χ0v) is 10.7. The van der Waals surface area contributed by atoms with Crippen LogP contribution in [-0.4, -0.2) is 22.6 Å². The molecule has 0 aromatic carbocycles. The summed E-state index contributed by atoms with van der Waals surface area (Å²) in [6.07, 6.45) is 3.65. The fraction of sp³-hybridized carbons (Fsp3) is 0.455. The van der Waals surface area contributed by atoms with Gasteiger partial charge in [0.2, 0.25) is 0 Å². The van der Waals surface area contributed by atoms with Gasteiger partial charge in [-0.1, -0.05) is 13.8 Å². The van der Waals surface area contributed by atoms with Crippen molar-refractivity contribution in [2.45, 2.75) is 32.1 Å². The number of carbonyl (C=O) groups is 1. The number of hydrogen-bond acceptors (Lipinski definition) is 4. The van der Waals surface area contributed by atoms with Crippen LogP contribution < -0.4 is 4.72 Å². The first-order valence-electron chi connectivity index (χ1n) is 5.21. The van der Waals surface area contributed by atoms with Crippen molar-refractivity contribution in [2.75, 3.05) is 6.54 Å². The molecule has 0 saturated carbocycles. The molecule has 0 fully saturated rings. The molecule has 4 nitrogen and oxygen atoms in total. The summed E-state index contributed by atoms with van der Waals surface area (Å²) in [5.41, 5.74) is 1.09. The maximum absolute atomic E-state index is 10.2. The Kier molecular flexibility index (Phi) is 8.56. The van der Waals surface area contributed by atoms with Gasteiger partial charge in [0.25, 0.3) is 0 Å². The molecule has 1 rings (SSSR count). The van der Waals surface area contributed by atoms with Crippen LogP contribution in [0.2, 0.25) is 0 Å². The Labute approximate surface area is 101 Å². The number of aryl methyl sites for hydroxylation is 1. The molecule has 1 aromatic rings. The Morgan fingerprint density at radius 2 is 2.19 bits per heavy atom. The van der Waals surface area contributed by atoms with Gasteiger partial charge >= 0.3 is 5.97 Å². The van der Waals surface area contributed by atoms with Gasteiger partial charge in [-0.3, -0.25) is 14.5 Å². The van der Waals surface area contributed by atoms with Crippen LogP contribution in [0.15, 0.2) is 23.4 Å². The largest absolute Gasteiger partial charge is 0.481 e. The van der Waals surface area contributed by atoms with E-state index in [0.717, 1.165) is 10.5 Å². The summed E-state index contributed by atoms with van der Waals surface area (Å²) in [7, 11) is 0. The van der Waals surface area contributed by atoms with Gasteiger partial charge < -0.3 is 5.11 Å². The van der Waals surface area contributed by atoms with Crippen molar-refractivity contribution in [1.82, 2.24) is 9.71 Å². The van der Waals surface area contributed by atoms with Gasteiger partial charge in [0.15, 0.2) is 0 Å². The highest BCUT2D eigenvalue weighted by atomic mass is 32.2.